The van der Waals surface area contributed by atoms with Gasteiger partial charge in [0.2, 0.25) is 0 Å². The van der Waals surface area contributed by atoms with E-state index in [9.17, 15) is 0 Å². The normalized spacial score (nSPS) is 18.3. The number of nitrogens with one attached hydrogen (secondary N) is 1. The van der Waals surface area contributed by atoms with Gasteiger partial charge in [0.25, 0.3) is 0 Å². The molecular formula is C18H31ClN2O2. The second-order valence-electron chi connectivity index (χ2n) is 5.93. The molecule has 0 aromatic heterocycles. The third-order valence-corrected chi connectivity index (χ3v) is 4.09. The second-order valence-corrected chi connectivity index (χ2v) is 5.93. The van der Waals surface area contributed by atoms with E-state index in [1.807, 2.05) is 6.92 Å². The summed E-state index contributed by atoms with van der Waals surface area (Å²) in [6.45, 7) is 8.80. The first-order valence-electron chi connectivity index (χ1n) is 8.55. The summed E-state index contributed by atoms with van der Waals surface area (Å²) in [6, 6.07) is 6.97. The molecule has 1 N–H and O–H groups in total. The van der Waals surface area contributed by atoms with E-state index in [1.165, 1.54) is 24.9 Å². The Morgan fingerprint density at radius 1 is 1.22 bits per heavy atom. The Labute approximate surface area is 146 Å². The molecule has 1 aliphatic rings. The zero-order valence-electron chi connectivity index (χ0n) is 14.6. The molecule has 0 aliphatic carbocycles. The number of rotatable bonds is 8. The molecule has 1 aromatic carbocycles. The molecule has 1 atom stereocenters. The Hall–Kier alpha value is -0.970. The van der Waals surface area contributed by atoms with Gasteiger partial charge in [0.1, 0.15) is 0 Å². The molecule has 5 heteroatoms. The molecule has 2 rings (SSSR count). The van der Waals surface area contributed by atoms with Crippen LogP contribution in [0.15, 0.2) is 18.2 Å². The summed E-state index contributed by atoms with van der Waals surface area (Å²) < 4.78 is 11.5. The average Bonchev–Trinajstić information content (AvgIpc) is 2.54. The maximum absolute atomic E-state index is 5.77. The zero-order chi connectivity index (χ0) is 15.8. The van der Waals surface area contributed by atoms with Crippen molar-refractivity contribution in [3.8, 4) is 11.5 Å². The molecule has 1 heterocycles. The molecule has 1 aromatic rings. The summed E-state index contributed by atoms with van der Waals surface area (Å²) in [5.74, 6) is 1.73. The van der Waals surface area contributed by atoms with Crippen molar-refractivity contribution >= 4 is 12.4 Å². The number of likely N-dealkylation sites (N-methyl/N-ethyl adjacent to an activating group) is 1. The number of piperidine rings is 1. The Balaban J connectivity index is 0.00000264. The van der Waals surface area contributed by atoms with E-state index in [2.05, 4.69) is 42.4 Å². The van der Waals surface area contributed by atoms with Crippen LogP contribution in [0.4, 0.5) is 0 Å². The van der Waals surface area contributed by atoms with Crippen LogP contribution in [0, 0.1) is 0 Å². The number of benzene rings is 1. The van der Waals surface area contributed by atoms with Crippen molar-refractivity contribution in [2.45, 2.75) is 45.7 Å². The van der Waals surface area contributed by atoms with Gasteiger partial charge in [-0.05, 0) is 57.5 Å². The fraction of sp³-hybridized carbons (Fsp3) is 0.667. The highest BCUT2D eigenvalue weighted by molar-refractivity contribution is 5.85. The van der Waals surface area contributed by atoms with Gasteiger partial charge in [-0.1, -0.05) is 13.0 Å². The van der Waals surface area contributed by atoms with E-state index < -0.39 is 0 Å². The quantitative estimate of drug-likeness (QED) is 0.784. The highest BCUT2D eigenvalue weighted by atomic mass is 35.5. The molecule has 0 bridgehead atoms. The lowest BCUT2D eigenvalue weighted by Crippen LogP contribution is -2.43. The van der Waals surface area contributed by atoms with E-state index in [0.29, 0.717) is 12.6 Å². The average molecular weight is 343 g/mol. The Kier molecular flexibility index (Phi) is 9.37. The summed E-state index contributed by atoms with van der Waals surface area (Å²) in [5.41, 5.74) is 1.30. The van der Waals surface area contributed by atoms with Crippen molar-refractivity contribution in [3.63, 3.8) is 0 Å². The first-order chi connectivity index (χ1) is 10.8. The molecule has 1 saturated heterocycles. The van der Waals surface area contributed by atoms with Crippen LogP contribution >= 0.6 is 12.4 Å². The molecule has 0 amide bonds. The Morgan fingerprint density at radius 2 is 2.04 bits per heavy atom. The van der Waals surface area contributed by atoms with Gasteiger partial charge in [0.15, 0.2) is 11.5 Å². The molecule has 0 saturated carbocycles. The number of halogens is 1. The monoisotopic (exact) mass is 342 g/mol. The topological polar surface area (TPSA) is 33.7 Å². The van der Waals surface area contributed by atoms with Crippen molar-refractivity contribution in [3.05, 3.63) is 23.8 Å². The van der Waals surface area contributed by atoms with Crippen LogP contribution in [0.3, 0.4) is 0 Å². The number of hydrogen-bond donors (Lipinski definition) is 1. The molecule has 23 heavy (non-hydrogen) atoms. The minimum Gasteiger partial charge on any atom is -0.490 e. The van der Waals surface area contributed by atoms with E-state index in [-0.39, 0.29) is 12.4 Å². The first-order valence-corrected chi connectivity index (χ1v) is 8.55. The van der Waals surface area contributed by atoms with Crippen LogP contribution in [0.25, 0.3) is 0 Å². The predicted octanol–water partition coefficient (Wildman–Crippen LogP) is 3.48. The minimum atomic E-state index is 0. The number of nitrogens with zero attached hydrogens (tertiary/aromatic N) is 1. The van der Waals surface area contributed by atoms with Crippen molar-refractivity contribution < 1.29 is 9.47 Å². The second kappa shape index (κ2) is 10.7. The lowest BCUT2D eigenvalue weighted by molar-refractivity contribution is 0.187. The fourth-order valence-corrected chi connectivity index (χ4v) is 2.94. The van der Waals surface area contributed by atoms with E-state index in [4.69, 9.17) is 9.47 Å². The fourth-order valence-electron chi connectivity index (χ4n) is 2.94. The highest BCUT2D eigenvalue weighted by Crippen LogP contribution is 2.29. The van der Waals surface area contributed by atoms with Crippen LogP contribution < -0.4 is 14.8 Å². The van der Waals surface area contributed by atoms with Gasteiger partial charge in [-0.25, -0.2) is 0 Å². The van der Waals surface area contributed by atoms with Gasteiger partial charge in [-0.3, -0.25) is 4.90 Å². The van der Waals surface area contributed by atoms with Gasteiger partial charge in [-0.15, -0.1) is 12.4 Å². The van der Waals surface area contributed by atoms with Crippen molar-refractivity contribution in [2.75, 3.05) is 33.4 Å². The van der Waals surface area contributed by atoms with Gasteiger partial charge in [0, 0.05) is 19.1 Å². The summed E-state index contributed by atoms with van der Waals surface area (Å²) in [4.78, 5) is 2.52. The highest BCUT2D eigenvalue weighted by Gasteiger charge is 2.18. The smallest absolute Gasteiger partial charge is 0.161 e. The summed E-state index contributed by atoms with van der Waals surface area (Å²) >= 11 is 0. The SMILES string of the molecule is CCCOc1ccc(CN2CCCC(NC)C2)cc1OCC.Cl. The van der Waals surface area contributed by atoms with Gasteiger partial charge in [-0.2, -0.15) is 0 Å². The maximum atomic E-state index is 5.77. The van der Waals surface area contributed by atoms with Crippen LogP contribution in [0.5, 0.6) is 11.5 Å². The van der Waals surface area contributed by atoms with Crippen molar-refractivity contribution in [1.82, 2.24) is 10.2 Å². The predicted molar refractivity (Wildman–Crippen MR) is 98.0 cm³/mol. The minimum absolute atomic E-state index is 0. The van der Waals surface area contributed by atoms with E-state index in [0.717, 1.165) is 37.6 Å². The number of ether oxygens (including phenoxy) is 2. The van der Waals surface area contributed by atoms with Crippen LogP contribution in [-0.2, 0) is 6.54 Å². The standard InChI is InChI=1S/C18H30N2O2.ClH/c1-4-11-22-17-9-8-15(12-18(17)21-5-2)13-20-10-6-7-16(14-20)19-3;/h8-9,12,16,19H,4-7,10-11,13-14H2,1-3H3;1H. The molecule has 132 valence electrons. The summed E-state index contributed by atoms with van der Waals surface area (Å²) in [6.07, 6.45) is 3.55. The van der Waals surface area contributed by atoms with Crippen molar-refractivity contribution in [1.29, 1.82) is 0 Å². The maximum Gasteiger partial charge on any atom is 0.161 e. The van der Waals surface area contributed by atoms with Gasteiger partial charge >= 0.3 is 0 Å². The summed E-state index contributed by atoms with van der Waals surface area (Å²) in [5, 5.41) is 3.40. The molecular weight excluding hydrogens is 312 g/mol. The molecule has 1 aliphatic heterocycles. The van der Waals surface area contributed by atoms with E-state index >= 15 is 0 Å². The van der Waals surface area contributed by atoms with E-state index in [1.54, 1.807) is 0 Å². The van der Waals surface area contributed by atoms with Crippen LogP contribution in [-0.4, -0.2) is 44.3 Å². The molecule has 0 radical (unpaired) electrons. The number of likely N-dealkylation sites (tertiary alicyclic amines) is 1. The van der Waals surface area contributed by atoms with Gasteiger partial charge in [0.05, 0.1) is 13.2 Å². The number of hydrogen-bond acceptors (Lipinski definition) is 4. The van der Waals surface area contributed by atoms with Crippen LogP contribution in [0.2, 0.25) is 0 Å². The lowest BCUT2D eigenvalue weighted by atomic mass is 10.0. The van der Waals surface area contributed by atoms with Crippen molar-refractivity contribution in [2.24, 2.45) is 0 Å². The molecule has 4 nitrogen and oxygen atoms in total. The molecule has 1 unspecified atom stereocenters. The Morgan fingerprint density at radius 3 is 2.74 bits per heavy atom. The first kappa shape index (κ1) is 20.1. The van der Waals surface area contributed by atoms with Gasteiger partial charge < -0.3 is 14.8 Å². The Bertz CT molecular complexity index is 457. The lowest BCUT2D eigenvalue weighted by Gasteiger charge is -2.32. The third-order valence-electron chi connectivity index (χ3n) is 4.09. The summed E-state index contributed by atoms with van der Waals surface area (Å²) in [7, 11) is 2.06. The largest absolute Gasteiger partial charge is 0.490 e. The van der Waals surface area contributed by atoms with Crippen LogP contribution in [0.1, 0.15) is 38.7 Å². The molecule has 0 spiro atoms. The third kappa shape index (κ3) is 6.21. The molecule has 1 fully saturated rings. The zero-order valence-corrected chi connectivity index (χ0v) is 15.5.